The average Bonchev–Trinajstić information content (AvgIpc) is 2.58. The summed E-state index contributed by atoms with van der Waals surface area (Å²) in [6.45, 7) is -0.00969. The number of anilines is 1. The van der Waals surface area contributed by atoms with Gasteiger partial charge in [-0.2, -0.15) is 0 Å². The second kappa shape index (κ2) is 6.76. The normalized spacial score (nSPS) is 31.5. The monoisotopic (exact) mass is 376 g/mol. The van der Waals surface area contributed by atoms with E-state index < -0.39 is 0 Å². The number of carbonyl (C=O) groups excluding carboxylic acids is 2. The van der Waals surface area contributed by atoms with Crippen molar-refractivity contribution in [3.05, 3.63) is 23.2 Å². The fourth-order valence-electron chi connectivity index (χ4n) is 5.69. The zero-order chi connectivity index (χ0) is 18.3. The highest BCUT2D eigenvalue weighted by molar-refractivity contribution is 6.32. The summed E-state index contributed by atoms with van der Waals surface area (Å²) in [6.07, 6.45) is 6.89. The molecule has 4 fully saturated rings. The van der Waals surface area contributed by atoms with Gasteiger partial charge in [0.1, 0.15) is 5.75 Å². The van der Waals surface area contributed by atoms with Gasteiger partial charge >= 0.3 is 0 Å². The zero-order valence-electron chi connectivity index (χ0n) is 15.0. The molecule has 0 atom stereocenters. The molecule has 6 heteroatoms. The number of nitrogens with one attached hydrogen (secondary N) is 2. The predicted octanol–water partition coefficient (Wildman–Crippen LogP) is 3.62. The first-order valence-electron chi connectivity index (χ1n) is 9.39. The summed E-state index contributed by atoms with van der Waals surface area (Å²) < 4.78 is 5.10. The fraction of sp³-hybridized carbons (Fsp3) is 0.600. The largest absolute Gasteiger partial charge is 0.495 e. The number of hydrogen-bond acceptors (Lipinski definition) is 3. The maximum absolute atomic E-state index is 12.9. The second-order valence-corrected chi connectivity index (χ2v) is 8.69. The molecule has 4 aliphatic carbocycles. The molecule has 4 bridgehead atoms. The zero-order valence-corrected chi connectivity index (χ0v) is 15.8. The van der Waals surface area contributed by atoms with Gasteiger partial charge in [0.2, 0.25) is 11.8 Å². The van der Waals surface area contributed by atoms with Crippen LogP contribution >= 0.6 is 11.6 Å². The van der Waals surface area contributed by atoms with Gasteiger partial charge in [-0.3, -0.25) is 9.59 Å². The van der Waals surface area contributed by atoms with Crippen LogP contribution in [0.3, 0.4) is 0 Å². The number of ether oxygens (including phenoxy) is 1. The molecule has 0 heterocycles. The number of hydrogen-bond donors (Lipinski definition) is 2. The Morgan fingerprint density at radius 2 is 1.77 bits per heavy atom. The van der Waals surface area contributed by atoms with Crippen LogP contribution in [-0.2, 0) is 9.59 Å². The highest BCUT2D eigenvalue weighted by Gasteiger charge is 2.54. The third-order valence-electron chi connectivity index (χ3n) is 6.36. The Morgan fingerprint density at radius 3 is 2.31 bits per heavy atom. The smallest absolute Gasteiger partial charge is 0.243 e. The standard InChI is InChI=1S/C20H25ClN2O3/c1-26-17-3-2-15(7-16(17)21)23-18(24)11-22-19(25)20-8-12-4-13(9-20)6-14(5-12)10-20/h2-3,7,12-14H,4-6,8-11H2,1H3,(H,22,25)(H,23,24). The maximum Gasteiger partial charge on any atom is 0.243 e. The van der Waals surface area contributed by atoms with E-state index in [1.165, 1.54) is 19.3 Å². The van der Waals surface area contributed by atoms with Crippen molar-refractivity contribution >= 4 is 29.1 Å². The van der Waals surface area contributed by atoms with E-state index in [1.807, 2.05) is 0 Å². The van der Waals surface area contributed by atoms with Gasteiger partial charge in [-0.1, -0.05) is 11.6 Å². The van der Waals surface area contributed by atoms with Crippen LogP contribution in [0.25, 0.3) is 0 Å². The number of methoxy groups -OCH3 is 1. The van der Waals surface area contributed by atoms with Crippen LogP contribution in [-0.4, -0.2) is 25.5 Å². The van der Waals surface area contributed by atoms with Crippen LogP contribution in [0.2, 0.25) is 5.02 Å². The molecule has 4 saturated carbocycles. The Bertz CT molecular complexity index is 698. The van der Waals surface area contributed by atoms with E-state index in [1.54, 1.807) is 25.3 Å². The van der Waals surface area contributed by atoms with Crippen molar-refractivity contribution in [1.82, 2.24) is 5.32 Å². The molecule has 26 heavy (non-hydrogen) atoms. The molecule has 2 amide bonds. The second-order valence-electron chi connectivity index (χ2n) is 8.28. The number of amides is 2. The topological polar surface area (TPSA) is 67.4 Å². The summed E-state index contributed by atoms with van der Waals surface area (Å²) >= 11 is 6.07. The van der Waals surface area contributed by atoms with Crippen molar-refractivity contribution in [3.8, 4) is 5.75 Å². The van der Waals surface area contributed by atoms with Gasteiger partial charge in [0, 0.05) is 11.1 Å². The quantitative estimate of drug-likeness (QED) is 0.824. The molecule has 1 aromatic rings. The number of halogens is 1. The number of benzene rings is 1. The molecule has 0 saturated heterocycles. The molecule has 0 aromatic heterocycles. The van der Waals surface area contributed by atoms with Crippen LogP contribution in [0, 0.1) is 23.2 Å². The summed E-state index contributed by atoms with van der Waals surface area (Å²) in [5.41, 5.74) is 0.364. The first-order valence-corrected chi connectivity index (χ1v) is 9.77. The first kappa shape index (κ1) is 17.7. The van der Waals surface area contributed by atoms with Crippen LogP contribution < -0.4 is 15.4 Å². The minimum atomic E-state index is -0.246. The van der Waals surface area contributed by atoms with E-state index in [-0.39, 0.29) is 23.8 Å². The lowest BCUT2D eigenvalue weighted by atomic mass is 9.49. The summed E-state index contributed by atoms with van der Waals surface area (Å²) in [6, 6.07) is 5.06. The van der Waals surface area contributed by atoms with E-state index >= 15 is 0 Å². The minimum Gasteiger partial charge on any atom is -0.495 e. The van der Waals surface area contributed by atoms with Gasteiger partial charge in [0.25, 0.3) is 0 Å². The number of carbonyl (C=O) groups is 2. The lowest BCUT2D eigenvalue weighted by Gasteiger charge is -2.55. The lowest BCUT2D eigenvalue weighted by molar-refractivity contribution is -0.146. The molecule has 4 aliphatic rings. The van der Waals surface area contributed by atoms with Crippen LogP contribution in [0.5, 0.6) is 5.75 Å². The molecule has 5 rings (SSSR count). The third-order valence-corrected chi connectivity index (χ3v) is 6.66. The third kappa shape index (κ3) is 3.29. The fourth-order valence-corrected chi connectivity index (χ4v) is 5.94. The van der Waals surface area contributed by atoms with Gasteiger partial charge in [-0.05, 0) is 74.5 Å². The van der Waals surface area contributed by atoms with E-state index in [4.69, 9.17) is 16.3 Å². The van der Waals surface area contributed by atoms with Crippen molar-refractivity contribution in [2.24, 2.45) is 23.2 Å². The molecular weight excluding hydrogens is 352 g/mol. The Balaban J connectivity index is 1.33. The van der Waals surface area contributed by atoms with Crippen molar-refractivity contribution < 1.29 is 14.3 Å². The first-order chi connectivity index (χ1) is 12.5. The number of rotatable bonds is 5. The molecule has 0 unspecified atom stereocenters. The molecule has 0 spiro atoms. The lowest BCUT2D eigenvalue weighted by Crippen LogP contribution is -2.54. The van der Waals surface area contributed by atoms with Crippen molar-refractivity contribution in [2.75, 3.05) is 19.0 Å². The van der Waals surface area contributed by atoms with Gasteiger partial charge in [0.05, 0.1) is 18.7 Å². The van der Waals surface area contributed by atoms with Gasteiger partial charge < -0.3 is 15.4 Å². The van der Waals surface area contributed by atoms with E-state index in [0.29, 0.717) is 34.2 Å². The molecule has 0 aliphatic heterocycles. The summed E-state index contributed by atoms with van der Waals surface area (Å²) in [7, 11) is 1.54. The van der Waals surface area contributed by atoms with Crippen LogP contribution in [0.4, 0.5) is 5.69 Å². The summed E-state index contributed by atoms with van der Waals surface area (Å²) in [4.78, 5) is 25.1. The molecular formula is C20H25ClN2O3. The Morgan fingerprint density at radius 1 is 1.15 bits per heavy atom. The average molecular weight is 377 g/mol. The van der Waals surface area contributed by atoms with Gasteiger partial charge in [-0.25, -0.2) is 0 Å². The SMILES string of the molecule is COc1ccc(NC(=O)CNC(=O)C23CC4CC(CC(C4)C2)C3)cc1Cl. The summed E-state index contributed by atoms with van der Waals surface area (Å²) in [5.74, 6) is 2.51. The van der Waals surface area contributed by atoms with E-state index in [9.17, 15) is 9.59 Å². The summed E-state index contributed by atoms with van der Waals surface area (Å²) in [5, 5.41) is 6.09. The Kier molecular flexibility index (Phi) is 4.59. The highest BCUT2D eigenvalue weighted by Crippen LogP contribution is 2.60. The Labute approximate surface area is 158 Å². The van der Waals surface area contributed by atoms with Gasteiger partial charge in [-0.15, -0.1) is 0 Å². The maximum atomic E-state index is 12.9. The van der Waals surface area contributed by atoms with Gasteiger partial charge in [0.15, 0.2) is 0 Å². The van der Waals surface area contributed by atoms with Crippen molar-refractivity contribution in [3.63, 3.8) is 0 Å². The van der Waals surface area contributed by atoms with E-state index in [0.717, 1.165) is 19.3 Å². The molecule has 1 aromatic carbocycles. The molecule has 5 nitrogen and oxygen atoms in total. The van der Waals surface area contributed by atoms with E-state index in [2.05, 4.69) is 10.6 Å². The van der Waals surface area contributed by atoms with Crippen molar-refractivity contribution in [2.45, 2.75) is 38.5 Å². The Hall–Kier alpha value is -1.75. The predicted molar refractivity (Wildman–Crippen MR) is 100 cm³/mol. The molecule has 140 valence electrons. The highest BCUT2D eigenvalue weighted by atomic mass is 35.5. The van der Waals surface area contributed by atoms with Crippen molar-refractivity contribution in [1.29, 1.82) is 0 Å². The minimum absolute atomic E-state index is 0.00969. The molecule has 0 radical (unpaired) electrons. The molecule has 2 N–H and O–H groups in total. The van der Waals surface area contributed by atoms with Crippen LogP contribution in [0.15, 0.2) is 18.2 Å². The van der Waals surface area contributed by atoms with Crippen LogP contribution in [0.1, 0.15) is 38.5 Å².